The topological polar surface area (TPSA) is 96.5 Å². The monoisotopic (exact) mass is 427 g/mol. The Bertz CT molecular complexity index is 1020. The molecule has 3 amide bonds. The van der Waals surface area contributed by atoms with E-state index in [1.807, 2.05) is 6.92 Å². The van der Waals surface area contributed by atoms with Gasteiger partial charge in [-0.25, -0.2) is 0 Å². The number of ether oxygens (including phenoxy) is 1. The van der Waals surface area contributed by atoms with Gasteiger partial charge < -0.3 is 20.7 Å². The van der Waals surface area contributed by atoms with Crippen LogP contribution in [0.2, 0.25) is 0 Å². The van der Waals surface area contributed by atoms with Crippen LogP contribution >= 0.6 is 11.3 Å². The molecule has 158 valence electrons. The summed E-state index contributed by atoms with van der Waals surface area (Å²) in [6, 6.07) is 6.97. The molecule has 0 saturated heterocycles. The summed E-state index contributed by atoms with van der Waals surface area (Å²) in [6.45, 7) is 4.00. The Morgan fingerprint density at radius 3 is 2.80 bits per heavy atom. The minimum atomic E-state index is -1.74. The fraction of sp³-hybridized carbons (Fsp3) is 0.409. The van der Waals surface area contributed by atoms with Gasteiger partial charge in [-0.1, -0.05) is 19.1 Å². The fourth-order valence-corrected chi connectivity index (χ4v) is 5.04. The second-order valence-corrected chi connectivity index (χ2v) is 8.82. The number of hydrogen-bond donors (Lipinski definition) is 3. The van der Waals surface area contributed by atoms with Crippen LogP contribution in [0.3, 0.4) is 0 Å². The highest BCUT2D eigenvalue weighted by atomic mass is 32.1. The van der Waals surface area contributed by atoms with Crippen LogP contribution < -0.4 is 20.7 Å². The van der Waals surface area contributed by atoms with Gasteiger partial charge in [0.2, 0.25) is 0 Å². The maximum atomic E-state index is 13.2. The molecule has 30 heavy (non-hydrogen) atoms. The predicted octanol–water partition coefficient (Wildman–Crippen LogP) is 3.50. The molecule has 0 bridgehead atoms. The second-order valence-electron chi connectivity index (χ2n) is 7.71. The quantitative estimate of drug-likeness (QED) is 0.637. The Morgan fingerprint density at radius 1 is 1.23 bits per heavy atom. The fourth-order valence-electron chi connectivity index (χ4n) is 3.76. The SMILES string of the molecule is CCCNC(=O)c1c(NC(=O)C2(C)Oc3ccccc3NC2=O)sc2c1CCCC2. The Kier molecular flexibility index (Phi) is 5.51. The van der Waals surface area contributed by atoms with E-state index >= 15 is 0 Å². The summed E-state index contributed by atoms with van der Waals surface area (Å²) in [6.07, 6.45) is 4.62. The zero-order chi connectivity index (χ0) is 21.3. The molecular formula is C22H25N3O4S. The molecule has 7 nitrogen and oxygen atoms in total. The van der Waals surface area contributed by atoms with Crippen molar-refractivity contribution in [2.24, 2.45) is 0 Å². The number of thiophene rings is 1. The Balaban J connectivity index is 1.64. The molecule has 2 aliphatic rings. The highest BCUT2D eigenvalue weighted by Gasteiger charge is 2.47. The lowest BCUT2D eigenvalue weighted by Gasteiger charge is -2.33. The number of hydrogen-bond acceptors (Lipinski definition) is 5. The molecule has 1 unspecified atom stereocenters. The molecule has 0 radical (unpaired) electrons. The number of nitrogens with one attached hydrogen (secondary N) is 3. The molecule has 2 aromatic rings. The number of carbonyl (C=O) groups is 3. The molecule has 0 saturated carbocycles. The largest absolute Gasteiger partial charge is 0.466 e. The van der Waals surface area contributed by atoms with Crippen LogP contribution in [0.4, 0.5) is 10.7 Å². The van der Waals surface area contributed by atoms with Gasteiger partial charge in [0, 0.05) is 11.4 Å². The zero-order valence-electron chi connectivity index (χ0n) is 17.1. The number of fused-ring (bicyclic) bond motifs is 2. The van der Waals surface area contributed by atoms with Gasteiger partial charge >= 0.3 is 0 Å². The molecule has 2 heterocycles. The van der Waals surface area contributed by atoms with Gasteiger partial charge in [0.15, 0.2) is 0 Å². The zero-order valence-corrected chi connectivity index (χ0v) is 17.9. The minimum Gasteiger partial charge on any atom is -0.466 e. The molecule has 0 fully saturated rings. The average molecular weight is 428 g/mol. The predicted molar refractivity (Wildman–Crippen MR) is 116 cm³/mol. The van der Waals surface area contributed by atoms with Crippen LogP contribution in [0.1, 0.15) is 53.9 Å². The molecule has 1 aromatic carbocycles. The first-order valence-corrected chi connectivity index (χ1v) is 11.1. The van der Waals surface area contributed by atoms with Crippen LogP contribution in [0, 0.1) is 0 Å². The summed E-state index contributed by atoms with van der Waals surface area (Å²) in [7, 11) is 0. The molecule has 3 N–H and O–H groups in total. The van der Waals surface area contributed by atoms with Gasteiger partial charge in [-0.05, 0) is 56.7 Å². The van der Waals surface area contributed by atoms with E-state index in [1.54, 1.807) is 24.3 Å². The van der Waals surface area contributed by atoms with Crippen molar-refractivity contribution in [1.82, 2.24) is 5.32 Å². The van der Waals surface area contributed by atoms with Crippen LogP contribution in [0.25, 0.3) is 0 Å². The van der Waals surface area contributed by atoms with Crippen LogP contribution in [0.15, 0.2) is 24.3 Å². The van der Waals surface area contributed by atoms with Crippen LogP contribution in [-0.4, -0.2) is 29.9 Å². The molecule has 1 atom stereocenters. The normalized spacial score (nSPS) is 19.7. The molecular weight excluding hydrogens is 402 g/mol. The maximum Gasteiger partial charge on any atom is 0.278 e. The van der Waals surface area contributed by atoms with Gasteiger partial charge in [0.25, 0.3) is 23.3 Å². The Hall–Kier alpha value is -2.87. The van der Waals surface area contributed by atoms with Crippen molar-refractivity contribution >= 4 is 39.7 Å². The van der Waals surface area contributed by atoms with Gasteiger partial charge in [-0.15, -0.1) is 11.3 Å². The van der Waals surface area contributed by atoms with E-state index in [0.29, 0.717) is 28.5 Å². The number of rotatable bonds is 5. The molecule has 1 aromatic heterocycles. The van der Waals surface area contributed by atoms with Gasteiger partial charge in [0.05, 0.1) is 11.3 Å². The first-order valence-electron chi connectivity index (χ1n) is 10.3. The highest BCUT2D eigenvalue weighted by molar-refractivity contribution is 7.17. The van der Waals surface area contributed by atoms with E-state index in [4.69, 9.17) is 4.74 Å². The third-order valence-corrected chi connectivity index (χ3v) is 6.68. The van der Waals surface area contributed by atoms with Crippen molar-refractivity contribution in [2.75, 3.05) is 17.2 Å². The number of aryl methyl sites for hydroxylation is 1. The summed E-state index contributed by atoms with van der Waals surface area (Å²) in [4.78, 5) is 39.9. The summed E-state index contributed by atoms with van der Waals surface area (Å²) in [5.74, 6) is -0.896. The van der Waals surface area contributed by atoms with E-state index in [1.165, 1.54) is 18.3 Å². The molecule has 4 rings (SSSR count). The van der Waals surface area contributed by atoms with E-state index < -0.39 is 17.4 Å². The summed E-state index contributed by atoms with van der Waals surface area (Å²) in [5, 5.41) is 8.96. The van der Waals surface area contributed by atoms with Crippen molar-refractivity contribution in [2.45, 2.75) is 51.6 Å². The Labute approximate surface area is 179 Å². The summed E-state index contributed by atoms with van der Waals surface area (Å²) >= 11 is 1.42. The third kappa shape index (κ3) is 3.56. The molecule has 1 aliphatic heterocycles. The minimum absolute atomic E-state index is 0.184. The van der Waals surface area contributed by atoms with E-state index in [2.05, 4.69) is 16.0 Å². The number of anilines is 2. The van der Waals surface area contributed by atoms with Crippen LogP contribution in [0.5, 0.6) is 5.75 Å². The summed E-state index contributed by atoms with van der Waals surface area (Å²) < 4.78 is 5.81. The smallest absolute Gasteiger partial charge is 0.278 e. The lowest BCUT2D eigenvalue weighted by molar-refractivity contribution is -0.143. The average Bonchev–Trinajstić information content (AvgIpc) is 3.10. The van der Waals surface area contributed by atoms with Crippen molar-refractivity contribution in [3.63, 3.8) is 0 Å². The maximum absolute atomic E-state index is 13.2. The highest BCUT2D eigenvalue weighted by Crippen LogP contribution is 2.39. The third-order valence-electron chi connectivity index (χ3n) is 5.48. The van der Waals surface area contributed by atoms with Gasteiger partial charge in [0.1, 0.15) is 10.8 Å². The number of para-hydroxylation sites is 2. The lowest BCUT2D eigenvalue weighted by atomic mass is 9.95. The lowest BCUT2D eigenvalue weighted by Crippen LogP contribution is -2.56. The van der Waals surface area contributed by atoms with E-state index in [-0.39, 0.29) is 5.91 Å². The first-order chi connectivity index (χ1) is 14.4. The van der Waals surface area contributed by atoms with Crippen molar-refractivity contribution in [1.29, 1.82) is 0 Å². The molecule has 8 heteroatoms. The van der Waals surface area contributed by atoms with E-state index in [0.717, 1.165) is 42.5 Å². The van der Waals surface area contributed by atoms with Crippen molar-refractivity contribution in [3.8, 4) is 5.75 Å². The molecule has 0 spiro atoms. The van der Waals surface area contributed by atoms with Crippen molar-refractivity contribution < 1.29 is 19.1 Å². The number of benzene rings is 1. The van der Waals surface area contributed by atoms with Crippen LogP contribution in [-0.2, 0) is 22.4 Å². The summed E-state index contributed by atoms with van der Waals surface area (Å²) in [5.41, 5.74) is 0.325. The Morgan fingerprint density at radius 2 is 2.00 bits per heavy atom. The first kappa shape index (κ1) is 20.4. The number of amides is 3. The standard InChI is InChI=1S/C22H25N3O4S/c1-3-12-23-18(26)17-13-8-4-7-11-16(13)30-19(17)25-21(28)22(2)20(27)24-14-9-5-6-10-15(14)29-22/h5-6,9-10H,3-4,7-8,11-12H2,1-2H3,(H,23,26)(H,24,27)(H,25,28). The van der Waals surface area contributed by atoms with Gasteiger partial charge in [-0.3, -0.25) is 14.4 Å². The van der Waals surface area contributed by atoms with Gasteiger partial charge in [-0.2, -0.15) is 0 Å². The number of carbonyl (C=O) groups excluding carboxylic acids is 3. The van der Waals surface area contributed by atoms with E-state index in [9.17, 15) is 14.4 Å². The second kappa shape index (κ2) is 8.10. The molecule has 1 aliphatic carbocycles. The van der Waals surface area contributed by atoms with Crippen molar-refractivity contribution in [3.05, 3.63) is 40.3 Å².